The highest BCUT2D eigenvalue weighted by molar-refractivity contribution is 7.45. The van der Waals surface area contributed by atoms with Crippen LogP contribution in [0.4, 0.5) is 0 Å². The molecule has 268 valence electrons. The van der Waals surface area contributed by atoms with Gasteiger partial charge >= 0.3 is 0 Å². The van der Waals surface area contributed by atoms with Crippen molar-refractivity contribution < 1.29 is 32.9 Å². The maximum absolute atomic E-state index is 12.7. The van der Waals surface area contributed by atoms with E-state index in [9.17, 15) is 19.4 Å². The third kappa shape index (κ3) is 31.6. The quantitative estimate of drug-likeness (QED) is 0.0316. The summed E-state index contributed by atoms with van der Waals surface area (Å²) in [4.78, 5) is 25.1. The number of amides is 1. The number of allylic oxidation sites excluding steroid dienone is 2. The number of rotatable bonds is 33. The molecule has 0 saturated heterocycles. The average Bonchev–Trinajstić information content (AvgIpc) is 2.97. The monoisotopic (exact) mass is 661 g/mol. The molecule has 3 atom stereocenters. The molecule has 8 nitrogen and oxygen atoms in total. The smallest absolute Gasteiger partial charge is 0.268 e. The molecule has 0 aromatic carbocycles. The summed E-state index contributed by atoms with van der Waals surface area (Å²) in [5.41, 5.74) is 0. The number of hydrogen-bond donors (Lipinski definition) is 2. The van der Waals surface area contributed by atoms with Crippen LogP contribution in [0.3, 0.4) is 0 Å². The van der Waals surface area contributed by atoms with Crippen LogP contribution in [-0.2, 0) is 18.4 Å². The molecule has 0 rings (SSSR count). The Hall–Kier alpha value is -0.760. The third-order valence-corrected chi connectivity index (χ3v) is 9.22. The molecule has 0 saturated carbocycles. The summed E-state index contributed by atoms with van der Waals surface area (Å²) < 4.78 is 23.1. The fourth-order valence-electron chi connectivity index (χ4n) is 5.21. The molecule has 1 amide bonds. The molecule has 45 heavy (non-hydrogen) atoms. The molecule has 0 aliphatic heterocycles. The maximum Gasteiger partial charge on any atom is 0.268 e. The number of phosphoric ester groups is 1. The van der Waals surface area contributed by atoms with Gasteiger partial charge < -0.3 is 28.8 Å². The summed E-state index contributed by atoms with van der Waals surface area (Å²) in [6.07, 6.45) is 29.2. The van der Waals surface area contributed by atoms with E-state index in [1.165, 1.54) is 83.5 Å². The summed E-state index contributed by atoms with van der Waals surface area (Å²) in [7, 11) is 1.30. The molecule has 0 bridgehead atoms. The van der Waals surface area contributed by atoms with Gasteiger partial charge in [-0.1, -0.05) is 129 Å². The lowest BCUT2D eigenvalue weighted by Crippen LogP contribution is -2.46. The van der Waals surface area contributed by atoms with E-state index in [-0.39, 0.29) is 19.1 Å². The molecule has 0 aliphatic carbocycles. The van der Waals surface area contributed by atoms with Gasteiger partial charge in [-0.2, -0.15) is 0 Å². The largest absolute Gasteiger partial charge is 0.756 e. The molecular formula is C36H73N2O6P. The SMILES string of the molecule is CCCCCC/C=C/CCCCCCCC(=O)N[C@@H](COP(=O)([O-])OCC[N+](C)(C)C)[C@H](O)CCCCCCCCCCCC. The van der Waals surface area contributed by atoms with Gasteiger partial charge in [0.15, 0.2) is 0 Å². The zero-order valence-corrected chi connectivity index (χ0v) is 31.0. The van der Waals surface area contributed by atoms with E-state index in [4.69, 9.17) is 9.05 Å². The number of unbranched alkanes of at least 4 members (excludes halogenated alkanes) is 18. The van der Waals surface area contributed by atoms with Gasteiger partial charge in [-0.15, -0.1) is 0 Å². The first kappa shape index (κ1) is 44.2. The number of aliphatic hydroxyl groups excluding tert-OH is 1. The number of quaternary nitrogens is 1. The highest BCUT2D eigenvalue weighted by Gasteiger charge is 2.24. The summed E-state index contributed by atoms with van der Waals surface area (Å²) in [6, 6.07) is -0.797. The molecule has 9 heteroatoms. The highest BCUT2D eigenvalue weighted by atomic mass is 31.2. The summed E-state index contributed by atoms with van der Waals surface area (Å²) >= 11 is 0. The second-order valence-electron chi connectivity index (χ2n) is 13.9. The molecule has 0 aromatic rings. The van der Waals surface area contributed by atoms with Gasteiger partial charge in [0.05, 0.1) is 39.9 Å². The summed E-state index contributed by atoms with van der Waals surface area (Å²) in [6.45, 7) is 4.66. The van der Waals surface area contributed by atoms with Gasteiger partial charge in [-0.25, -0.2) is 0 Å². The second kappa shape index (κ2) is 29.4. The third-order valence-electron chi connectivity index (χ3n) is 8.25. The Kier molecular flexibility index (Phi) is 28.9. The molecule has 1 unspecified atom stereocenters. The van der Waals surface area contributed by atoms with Crippen LogP contribution in [-0.4, -0.2) is 68.5 Å². The Balaban J connectivity index is 4.49. The number of nitrogens with zero attached hydrogens (tertiary/aromatic N) is 1. The van der Waals surface area contributed by atoms with Crippen molar-refractivity contribution in [1.82, 2.24) is 5.32 Å². The van der Waals surface area contributed by atoms with Crippen molar-refractivity contribution >= 4 is 13.7 Å². The van der Waals surface area contributed by atoms with E-state index < -0.39 is 20.0 Å². The Labute approximate surface area is 278 Å². The minimum absolute atomic E-state index is 0.0117. The van der Waals surface area contributed by atoms with Crippen molar-refractivity contribution in [1.29, 1.82) is 0 Å². The van der Waals surface area contributed by atoms with E-state index in [0.717, 1.165) is 51.4 Å². The van der Waals surface area contributed by atoms with Gasteiger partial charge in [0.25, 0.3) is 7.82 Å². The van der Waals surface area contributed by atoms with E-state index in [1.54, 1.807) is 0 Å². The predicted molar refractivity (Wildman–Crippen MR) is 187 cm³/mol. The van der Waals surface area contributed by atoms with E-state index in [2.05, 4.69) is 31.3 Å². The van der Waals surface area contributed by atoms with Gasteiger partial charge in [-0.05, 0) is 38.5 Å². The fraction of sp³-hybridized carbons (Fsp3) is 0.917. The minimum Gasteiger partial charge on any atom is -0.756 e. The molecule has 0 spiro atoms. The molecule has 0 aromatic heterocycles. The topological polar surface area (TPSA) is 108 Å². The van der Waals surface area contributed by atoms with Gasteiger partial charge in [0, 0.05) is 6.42 Å². The molecule has 0 aliphatic rings. The summed E-state index contributed by atoms with van der Waals surface area (Å²) in [5.74, 6) is -0.177. The predicted octanol–water partition coefficient (Wildman–Crippen LogP) is 8.61. The number of nitrogens with one attached hydrogen (secondary N) is 1. The Bertz CT molecular complexity index is 758. The van der Waals surface area contributed by atoms with E-state index in [1.807, 2.05) is 21.1 Å². The van der Waals surface area contributed by atoms with Crippen molar-refractivity contribution in [3.63, 3.8) is 0 Å². The van der Waals surface area contributed by atoms with Crippen LogP contribution in [0.25, 0.3) is 0 Å². The van der Waals surface area contributed by atoms with Crippen LogP contribution in [0.15, 0.2) is 12.2 Å². The lowest BCUT2D eigenvalue weighted by Gasteiger charge is -2.30. The van der Waals surface area contributed by atoms with Crippen LogP contribution in [0.1, 0.15) is 162 Å². The van der Waals surface area contributed by atoms with E-state index in [0.29, 0.717) is 23.9 Å². The van der Waals surface area contributed by atoms with Gasteiger partial charge in [0.2, 0.25) is 5.91 Å². The van der Waals surface area contributed by atoms with Crippen LogP contribution in [0, 0.1) is 0 Å². The molecular weight excluding hydrogens is 587 g/mol. The lowest BCUT2D eigenvalue weighted by atomic mass is 10.0. The molecule has 0 radical (unpaired) electrons. The Morgan fingerprint density at radius 2 is 1.22 bits per heavy atom. The van der Waals surface area contributed by atoms with Crippen molar-refractivity contribution in [3.05, 3.63) is 12.2 Å². The molecule has 2 N–H and O–H groups in total. The zero-order chi connectivity index (χ0) is 33.7. The van der Waals surface area contributed by atoms with Crippen LogP contribution in [0.5, 0.6) is 0 Å². The van der Waals surface area contributed by atoms with Gasteiger partial charge in [-0.3, -0.25) is 9.36 Å². The first-order valence-electron chi connectivity index (χ1n) is 18.5. The van der Waals surface area contributed by atoms with Crippen molar-refractivity contribution in [2.24, 2.45) is 0 Å². The highest BCUT2D eigenvalue weighted by Crippen LogP contribution is 2.38. The van der Waals surface area contributed by atoms with Crippen LogP contribution < -0.4 is 10.2 Å². The second-order valence-corrected chi connectivity index (χ2v) is 15.3. The van der Waals surface area contributed by atoms with Crippen LogP contribution in [0.2, 0.25) is 0 Å². The normalized spacial score (nSPS) is 14.9. The Morgan fingerprint density at radius 1 is 0.756 bits per heavy atom. The fourth-order valence-corrected chi connectivity index (χ4v) is 5.93. The number of carbonyl (C=O) groups excluding carboxylic acids is 1. The molecule has 0 heterocycles. The van der Waals surface area contributed by atoms with E-state index >= 15 is 0 Å². The van der Waals surface area contributed by atoms with Crippen molar-refractivity contribution in [2.75, 3.05) is 40.9 Å². The van der Waals surface area contributed by atoms with Crippen molar-refractivity contribution in [3.8, 4) is 0 Å². The number of hydrogen-bond acceptors (Lipinski definition) is 6. The standard InChI is InChI=1S/C36H73N2O6P/c1-6-8-10-12-14-16-18-19-20-22-24-26-28-30-36(40)37-34(33-44-45(41,42)43-32-31-38(3,4)5)35(39)29-27-25-23-21-17-15-13-11-9-7-2/h16,18,34-35,39H,6-15,17,19-33H2,1-5H3,(H-,37,40,41,42)/b18-16+/t34-,35+/m0/s1. The number of carbonyl (C=O) groups is 1. The maximum atomic E-state index is 12.7. The average molecular weight is 661 g/mol. The Morgan fingerprint density at radius 3 is 1.76 bits per heavy atom. The number of phosphoric acid groups is 1. The van der Waals surface area contributed by atoms with Gasteiger partial charge in [0.1, 0.15) is 13.2 Å². The number of likely N-dealkylation sites (N-methyl/N-ethyl adjacent to an activating group) is 1. The zero-order valence-electron chi connectivity index (χ0n) is 30.1. The summed E-state index contributed by atoms with van der Waals surface area (Å²) in [5, 5.41) is 13.8. The minimum atomic E-state index is -4.55. The first-order valence-corrected chi connectivity index (χ1v) is 20.0. The van der Waals surface area contributed by atoms with Crippen molar-refractivity contribution in [2.45, 2.75) is 174 Å². The van der Waals surface area contributed by atoms with Crippen LogP contribution >= 0.6 is 7.82 Å². The first-order chi connectivity index (χ1) is 21.5. The molecule has 0 fully saturated rings. The lowest BCUT2D eigenvalue weighted by molar-refractivity contribution is -0.870. The number of aliphatic hydroxyl groups is 1.